The SMILES string of the molecule is CCCC1CCC(NC)(C(F)(F)F)CC1. The molecule has 0 aromatic rings. The molecule has 90 valence electrons. The number of nitrogens with one attached hydrogen (secondary N) is 1. The molecule has 1 aliphatic carbocycles. The van der Waals surface area contributed by atoms with Gasteiger partial charge >= 0.3 is 6.18 Å². The van der Waals surface area contributed by atoms with Gasteiger partial charge in [0.25, 0.3) is 0 Å². The molecule has 0 heterocycles. The summed E-state index contributed by atoms with van der Waals surface area (Å²) in [6.45, 7) is 2.09. The third-order valence-electron chi connectivity index (χ3n) is 3.68. The fraction of sp³-hybridized carbons (Fsp3) is 1.00. The molecule has 1 N–H and O–H groups in total. The average Bonchev–Trinajstić information content (AvgIpc) is 2.18. The van der Waals surface area contributed by atoms with E-state index in [0.717, 1.165) is 12.8 Å². The number of rotatable bonds is 3. The predicted molar refractivity (Wildman–Crippen MR) is 54.7 cm³/mol. The second-order valence-corrected chi connectivity index (χ2v) is 4.56. The molecular weight excluding hydrogens is 203 g/mol. The van der Waals surface area contributed by atoms with Crippen LogP contribution in [0, 0.1) is 5.92 Å². The van der Waals surface area contributed by atoms with E-state index in [9.17, 15) is 13.2 Å². The van der Waals surface area contributed by atoms with Crippen molar-refractivity contribution < 1.29 is 13.2 Å². The molecule has 1 saturated carbocycles. The highest BCUT2D eigenvalue weighted by molar-refractivity contribution is 4.97. The molecule has 1 fully saturated rings. The zero-order valence-corrected chi connectivity index (χ0v) is 9.45. The van der Waals surface area contributed by atoms with E-state index in [1.165, 1.54) is 7.05 Å². The lowest BCUT2D eigenvalue weighted by Crippen LogP contribution is -2.57. The van der Waals surface area contributed by atoms with Crippen LogP contribution in [0.15, 0.2) is 0 Å². The molecule has 0 spiro atoms. The van der Waals surface area contributed by atoms with Crippen molar-refractivity contribution in [2.45, 2.75) is 57.2 Å². The lowest BCUT2D eigenvalue weighted by Gasteiger charge is -2.41. The summed E-state index contributed by atoms with van der Waals surface area (Å²) < 4.78 is 38.5. The van der Waals surface area contributed by atoms with Gasteiger partial charge in [-0.2, -0.15) is 13.2 Å². The van der Waals surface area contributed by atoms with Crippen molar-refractivity contribution in [2.24, 2.45) is 5.92 Å². The first kappa shape index (κ1) is 12.8. The topological polar surface area (TPSA) is 12.0 Å². The molecular formula is C11H20F3N. The van der Waals surface area contributed by atoms with E-state index in [1.54, 1.807) is 0 Å². The first-order valence-electron chi connectivity index (χ1n) is 5.71. The highest BCUT2D eigenvalue weighted by atomic mass is 19.4. The largest absolute Gasteiger partial charge is 0.406 e. The van der Waals surface area contributed by atoms with E-state index >= 15 is 0 Å². The normalized spacial score (nSPS) is 33.0. The Labute approximate surface area is 89.4 Å². The highest BCUT2D eigenvalue weighted by Gasteiger charge is 2.54. The molecule has 1 nitrogen and oxygen atoms in total. The fourth-order valence-corrected chi connectivity index (χ4v) is 2.54. The maximum absolute atomic E-state index is 12.8. The molecule has 0 saturated heterocycles. The van der Waals surface area contributed by atoms with Crippen molar-refractivity contribution in [1.82, 2.24) is 5.32 Å². The summed E-state index contributed by atoms with van der Waals surface area (Å²) in [6.07, 6.45) is -0.0997. The summed E-state index contributed by atoms with van der Waals surface area (Å²) in [5.74, 6) is 0.499. The molecule has 0 unspecified atom stereocenters. The minimum atomic E-state index is -4.11. The van der Waals surface area contributed by atoms with E-state index in [4.69, 9.17) is 0 Å². The van der Waals surface area contributed by atoms with Crippen LogP contribution < -0.4 is 5.32 Å². The first-order valence-corrected chi connectivity index (χ1v) is 5.71. The summed E-state index contributed by atoms with van der Waals surface area (Å²) in [6, 6.07) is 0. The van der Waals surface area contributed by atoms with Crippen molar-refractivity contribution in [1.29, 1.82) is 0 Å². The lowest BCUT2D eigenvalue weighted by molar-refractivity contribution is -0.206. The van der Waals surface area contributed by atoms with Gasteiger partial charge in [-0.25, -0.2) is 0 Å². The van der Waals surface area contributed by atoms with Gasteiger partial charge in [0.2, 0.25) is 0 Å². The fourth-order valence-electron chi connectivity index (χ4n) is 2.54. The van der Waals surface area contributed by atoms with E-state index in [-0.39, 0.29) is 12.8 Å². The Morgan fingerprint density at radius 1 is 1.27 bits per heavy atom. The van der Waals surface area contributed by atoms with Gasteiger partial charge in [-0.1, -0.05) is 19.8 Å². The summed E-state index contributed by atoms with van der Waals surface area (Å²) >= 11 is 0. The molecule has 1 rings (SSSR count). The van der Waals surface area contributed by atoms with Gasteiger partial charge < -0.3 is 5.32 Å². The van der Waals surface area contributed by atoms with Gasteiger partial charge in [0.05, 0.1) is 0 Å². The van der Waals surface area contributed by atoms with Crippen LogP contribution in [-0.2, 0) is 0 Å². The van der Waals surface area contributed by atoms with Crippen LogP contribution in [0.4, 0.5) is 13.2 Å². The van der Waals surface area contributed by atoms with Gasteiger partial charge in [-0.05, 0) is 38.6 Å². The van der Waals surface area contributed by atoms with Gasteiger partial charge in [-0.15, -0.1) is 0 Å². The summed E-state index contributed by atoms with van der Waals surface area (Å²) in [5.41, 5.74) is -1.61. The maximum Gasteiger partial charge on any atom is 0.406 e. The number of hydrogen-bond acceptors (Lipinski definition) is 1. The van der Waals surface area contributed by atoms with Crippen LogP contribution in [0.25, 0.3) is 0 Å². The van der Waals surface area contributed by atoms with Crippen molar-refractivity contribution in [3.63, 3.8) is 0 Å². The lowest BCUT2D eigenvalue weighted by atomic mass is 9.75. The number of alkyl halides is 3. The Morgan fingerprint density at radius 2 is 1.80 bits per heavy atom. The van der Waals surface area contributed by atoms with Gasteiger partial charge in [0.15, 0.2) is 0 Å². The van der Waals surface area contributed by atoms with Gasteiger partial charge in [0, 0.05) is 0 Å². The number of hydrogen-bond donors (Lipinski definition) is 1. The van der Waals surface area contributed by atoms with E-state index < -0.39 is 11.7 Å². The number of halogens is 3. The van der Waals surface area contributed by atoms with Crippen LogP contribution in [0.1, 0.15) is 45.4 Å². The predicted octanol–water partition coefficient (Wildman–Crippen LogP) is 3.50. The van der Waals surface area contributed by atoms with Gasteiger partial charge in [-0.3, -0.25) is 0 Å². The molecule has 15 heavy (non-hydrogen) atoms. The quantitative estimate of drug-likeness (QED) is 0.772. The Morgan fingerprint density at radius 3 is 2.13 bits per heavy atom. The highest BCUT2D eigenvalue weighted by Crippen LogP contribution is 2.43. The van der Waals surface area contributed by atoms with Crippen LogP contribution in [-0.4, -0.2) is 18.8 Å². The summed E-state index contributed by atoms with van der Waals surface area (Å²) in [4.78, 5) is 0. The standard InChI is InChI=1S/C11H20F3N/c1-3-4-9-5-7-10(15-2,8-6-9)11(12,13)14/h9,15H,3-8H2,1-2H3. The Kier molecular flexibility index (Phi) is 4.04. The zero-order chi connectivity index (χ0) is 11.5. The van der Waals surface area contributed by atoms with Crippen LogP contribution in [0.2, 0.25) is 0 Å². The minimum Gasteiger partial charge on any atom is -0.307 e. The van der Waals surface area contributed by atoms with Crippen molar-refractivity contribution >= 4 is 0 Å². The second-order valence-electron chi connectivity index (χ2n) is 4.56. The molecule has 0 aromatic carbocycles. The smallest absolute Gasteiger partial charge is 0.307 e. The van der Waals surface area contributed by atoms with Crippen molar-refractivity contribution in [2.75, 3.05) is 7.05 Å². The van der Waals surface area contributed by atoms with E-state index in [2.05, 4.69) is 12.2 Å². The minimum absolute atomic E-state index is 0.234. The maximum atomic E-state index is 12.8. The Hall–Kier alpha value is -0.250. The van der Waals surface area contributed by atoms with E-state index in [0.29, 0.717) is 18.8 Å². The Balaban J connectivity index is 2.59. The van der Waals surface area contributed by atoms with Crippen molar-refractivity contribution in [3.05, 3.63) is 0 Å². The summed E-state index contributed by atoms with van der Waals surface area (Å²) in [5, 5.41) is 2.50. The third-order valence-corrected chi connectivity index (χ3v) is 3.68. The Bertz CT molecular complexity index is 192. The molecule has 0 radical (unpaired) electrons. The second kappa shape index (κ2) is 4.73. The third kappa shape index (κ3) is 2.65. The first-order chi connectivity index (χ1) is 6.95. The molecule has 0 amide bonds. The molecule has 1 aliphatic rings. The molecule has 0 bridgehead atoms. The van der Waals surface area contributed by atoms with Crippen LogP contribution >= 0.6 is 0 Å². The molecule has 4 heteroatoms. The van der Waals surface area contributed by atoms with Crippen molar-refractivity contribution in [3.8, 4) is 0 Å². The van der Waals surface area contributed by atoms with Crippen LogP contribution in [0.5, 0.6) is 0 Å². The van der Waals surface area contributed by atoms with E-state index in [1.807, 2.05) is 0 Å². The van der Waals surface area contributed by atoms with Crippen LogP contribution in [0.3, 0.4) is 0 Å². The van der Waals surface area contributed by atoms with Gasteiger partial charge in [0.1, 0.15) is 5.54 Å². The molecule has 0 aliphatic heterocycles. The zero-order valence-electron chi connectivity index (χ0n) is 9.45. The summed E-state index contributed by atoms with van der Waals surface area (Å²) in [7, 11) is 1.42. The average molecular weight is 223 g/mol. The monoisotopic (exact) mass is 223 g/mol. The molecule has 0 atom stereocenters. The molecule has 0 aromatic heterocycles.